The summed E-state index contributed by atoms with van der Waals surface area (Å²) >= 11 is 0. The summed E-state index contributed by atoms with van der Waals surface area (Å²) in [6.45, 7) is 6.95. The number of carboxylic acids is 1. The Morgan fingerprint density at radius 3 is 2.38 bits per heavy atom. The molecule has 5 nitrogen and oxygen atoms in total. The van der Waals surface area contributed by atoms with Crippen LogP contribution in [0.3, 0.4) is 0 Å². The van der Waals surface area contributed by atoms with Crippen LogP contribution < -0.4 is 5.32 Å². The van der Waals surface area contributed by atoms with E-state index in [0.717, 1.165) is 32.1 Å². The van der Waals surface area contributed by atoms with Gasteiger partial charge >= 0.3 is 12.0 Å². The molecule has 5 heteroatoms. The maximum atomic E-state index is 12.5. The zero-order chi connectivity index (χ0) is 15.6. The smallest absolute Gasteiger partial charge is 0.326 e. The molecule has 0 aromatic heterocycles. The summed E-state index contributed by atoms with van der Waals surface area (Å²) < 4.78 is 0. The number of nitrogens with zero attached hydrogens (tertiary/aromatic N) is 1. The van der Waals surface area contributed by atoms with Gasteiger partial charge in [-0.15, -0.1) is 0 Å². The van der Waals surface area contributed by atoms with E-state index in [-0.39, 0.29) is 18.0 Å². The van der Waals surface area contributed by atoms with Gasteiger partial charge < -0.3 is 15.3 Å². The minimum Gasteiger partial charge on any atom is -0.480 e. The zero-order valence-electron chi connectivity index (χ0n) is 13.3. The minimum atomic E-state index is -0.886. The molecule has 1 saturated carbocycles. The van der Waals surface area contributed by atoms with Gasteiger partial charge in [-0.05, 0) is 49.9 Å². The molecule has 1 heterocycles. The summed E-state index contributed by atoms with van der Waals surface area (Å²) in [7, 11) is 0. The van der Waals surface area contributed by atoms with Crippen LogP contribution in [-0.2, 0) is 4.79 Å². The summed E-state index contributed by atoms with van der Waals surface area (Å²) in [5, 5.41) is 12.5. The van der Waals surface area contributed by atoms with Gasteiger partial charge in [-0.2, -0.15) is 0 Å². The highest BCUT2D eigenvalue weighted by Crippen LogP contribution is 2.30. The third kappa shape index (κ3) is 3.69. The molecule has 2 fully saturated rings. The van der Waals surface area contributed by atoms with E-state index < -0.39 is 12.0 Å². The molecule has 2 aliphatic rings. The van der Waals surface area contributed by atoms with Gasteiger partial charge in [-0.1, -0.05) is 20.8 Å². The fourth-order valence-corrected chi connectivity index (χ4v) is 3.73. The number of carboxylic acid groups (broad SMARTS) is 1. The summed E-state index contributed by atoms with van der Waals surface area (Å²) in [4.78, 5) is 25.4. The van der Waals surface area contributed by atoms with Crippen molar-refractivity contribution in [2.24, 2.45) is 17.8 Å². The van der Waals surface area contributed by atoms with Crippen LogP contribution in [0.25, 0.3) is 0 Å². The topological polar surface area (TPSA) is 69.6 Å². The average molecular weight is 296 g/mol. The number of rotatable bonds is 2. The molecule has 0 bridgehead atoms. The number of likely N-dealkylation sites (tertiary alicyclic amines) is 1. The van der Waals surface area contributed by atoms with Crippen molar-refractivity contribution >= 4 is 12.0 Å². The van der Waals surface area contributed by atoms with E-state index in [4.69, 9.17) is 0 Å². The van der Waals surface area contributed by atoms with E-state index >= 15 is 0 Å². The van der Waals surface area contributed by atoms with Gasteiger partial charge in [0.2, 0.25) is 0 Å². The van der Waals surface area contributed by atoms with Crippen LogP contribution in [0.1, 0.15) is 52.9 Å². The molecule has 2 N–H and O–H groups in total. The van der Waals surface area contributed by atoms with Crippen LogP contribution in [0.5, 0.6) is 0 Å². The molecule has 0 spiro atoms. The molecule has 5 atom stereocenters. The molecule has 2 rings (SSSR count). The van der Waals surface area contributed by atoms with Gasteiger partial charge in [-0.3, -0.25) is 0 Å². The van der Waals surface area contributed by atoms with Crippen LogP contribution in [0.4, 0.5) is 4.79 Å². The number of carbonyl (C=O) groups excluding carboxylic acids is 1. The van der Waals surface area contributed by atoms with Crippen LogP contribution in [0.15, 0.2) is 0 Å². The molecule has 1 saturated heterocycles. The van der Waals surface area contributed by atoms with Crippen molar-refractivity contribution in [3.05, 3.63) is 0 Å². The molecule has 2 amide bonds. The van der Waals surface area contributed by atoms with Crippen molar-refractivity contribution in [1.82, 2.24) is 10.2 Å². The highest BCUT2D eigenvalue weighted by atomic mass is 16.4. The Kier molecular flexibility index (Phi) is 5.12. The van der Waals surface area contributed by atoms with Gasteiger partial charge in [0.25, 0.3) is 0 Å². The molecule has 0 aromatic carbocycles. The van der Waals surface area contributed by atoms with E-state index in [0.29, 0.717) is 18.4 Å². The summed E-state index contributed by atoms with van der Waals surface area (Å²) in [6.07, 6.45) is 4.88. The number of hydrogen-bond donors (Lipinski definition) is 2. The Morgan fingerprint density at radius 2 is 1.76 bits per heavy atom. The summed E-state index contributed by atoms with van der Waals surface area (Å²) in [5.74, 6) is 0.454. The van der Waals surface area contributed by atoms with E-state index in [2.05, 4.69) is 19.2 Å². The standard InChI is InChI=1S/C16H28N2O3/c1-10-6-7-13(9-12(10)3)17-16(21)18-8-4-5-11(2)14(18)15(19)20/h10-14H,4-9H2,1-3H3,(H,17,21)(H,19,20). The molecular weight excluding hydrogens is 268 g/mol. The van der Waals surface area contributed by atoms with E-state index in [9.17, 15) is 14.7 Å². The Hall–Kier alpha value is -1.26. The number of carbonyl (C=O) groups is 2. The van der Waals surface area contributed by atoms with Crippen LogP contribution >= 0.6 is 0 Å². The van der Waals surface area contributed by atoms with Crippen molar-refractivity contribution in [3.8, 4) is 0 Å². The molecule has 0 radical (unpaired) electrons. The Bertz CT molecular complexity index is 399. The van der Waals surface area contributed by atoms with Crippen molar-refractivity contribution in [1.29, 1.82) is 0 Å². The van der Waals surface area contributed by atoms with Gasteiger partial charge in [0.05, 0.1) is 0 Å². The maximum Gasteiger partial charge on any atom is 0.326 e. The fourth-order valence-electron chi connectivity index (χ4n) is 3.73. The van der Waals surface area contributed by atoms with Gasteiger partial charge in [0.15, 0.2) is 0 Å². The first-order valence-corrected chi connectivity index (χ1v) is 8.20. The van der Waals surface area contributed by atoms with E-state index in [1.807, 2.05) is 6.92 Å². The Labute approximate surface area is 127 Å². The van der Waals surface area contributed by atoms with Gasteiger partial charge in [0, 0.05) is 12.6 Å². The van der Waals surface area contributed by atoms with Crippen molar-refractivity contribution < 1.29 is 14.7 Å². The lowest BCUT2D eigenvalue weighted by atomic mass is 9.79. The molecule has 1 aliphatic carbocycles. The quantitative estimate of drug-likeness (QED) is 0.823. The SMILES string of the molecule is CC1CCC(NC(=O)N2CCCC(C)C2C(=O)O)CC1C. The molecule has 1 aliphatic heterocycles. The van der Waals surface area contributed by atoms with E-state index in [1.165, 1.54) is 4.90 Å². The molecule has 5 unspecified atom stereocenters. The van der Waals surface area contributed by atoms with Crippen LogP contribution in [0, 0.1) is 17.8 Å². The summed E-state index contributed by atoms with van der Waals surface area (Å²) in [6, 6.07) is -0.685. The maximum absolute atomic E-state index is 12.5. The van der Waals surface area contributed by atoms with Crippen LogP contribution in [0.2, 0.25) is 0 Å². The minimum absolute atomic E-state index is 0.0206. The zero-order valence-corrected chi connectivity index (χ0v) is 13.3. The largest absolute Gasteiger partial charge is 0.480 e. The Morgan fingerprint density at radius 1 is 1.05 bits per heavy atom. The molecule has 120 valence electrons. The van der Waals surface area contributed by atoms with Gasteiger partial charge in [-0.25, -0.2) is 9.59 Å². The number of aliphatic carboxylic acids is 1. The van der Waals surface area contributed by atoms with Crippen molar-refractivity contribution in [3.63, 3.8) is 0 Å². The average Bonchev–Trinajstić information content (AvgIpc) is 2.42. The third-order valence-electron chi connectivity index (χ3n) is 5.37. The number of piperidine rings is 1. The lowest BCUT2D eigenvalue weighted by molar-refractivity contribution is -0.145. The second-order valence-electron chi connectivity index (χ2n) is 7.01. The lowest BCUT2D eigenvalue weighted by Gasteiger charge is -2.39. The highest BCUT2D eigenvalue weighted by Gasteiger charge is 2.38. The second kappa shape index (κ2) is 6.67. The molecule has 21 heavy (non-hydrogen) atoms. The highest BCUT2D eigenvalue weighted by molar-refractivity contribution is 5.83. The molecular formula is C16H28N2O3. The first-order valence-electron chi connectivity index (χ1n) is 8.20. The monoisotopic (exact) mass is 296 g/mol. The first kappa shape index (κ1) is 16.1. The molecule has 0 aromatic rings. The predicted molar refractivity (Wildman–Crippen MR) is 81.0 cm³/mol. The second-order valence-corrected chi connectivity index (χ2v) is 7.01. The predicted octanol–water partition coefficient (Wildman–Crippen LogP) is 2.71. The van der Waals surface area contributed by atoms with Crippen LogP contribution in [-0.4, -0.2) is 40.6 Å². The van der Waals surface area contributed by atoms with Crippen molar-refractivity contribution in [2.75, 3.05) is 6.54 Å². The normalized spacial score (nSPS) is 37.1. The number of hydrogen-bond acceptors (Lipinski definition) is 2. The fraction of sp³-hybridized carbons (Fsp3) is 0.875. The third-order valence-corrected chi connectivity index (χ3v) is 5.37. The van der Waals surface area contributed by atoms with E-state index in [1.54, 1.807) is 0 Å². The Balaban J connectivity index is 1.97. The first-order chi connectivity index (χ1) is 9.90. The number of urea groups is 1. The number of nitrogens with one attached hydrogen (secondary N) is 1. The lowest BCUT2D eigenvalue weighted by Crippen LogP contribution is -2.57. The summed E-state index contributed by atoms with van der Waals surface area (Å²) in [5.41, 5.74) is 0. The van der Waals surface area contributed by atoms with Gasteiger partial charge in [0.1, 0.15) is 6.04 Å². The van der Waals surface area contributed by atoms with Crippen molar-refractivity contribution in [2.45, 2.75) is 65.0 Å². The number of amides is 2.